The van der Waals surface area contributed by atoms with E-state index in [4.69, 9.17) is 0 Å². The van der Waals surface area contributed by atoms with Crippen LogP contribution < -0.4 is 0 Å². The van der Waals surface area contributed by atoms with E-state index in [1.54, 1.807) is 0 Å². The van der Waals surface area contributed by atoms with E-state index in [9.17, 15) is 17.6 Å². The predicted molar refractivity (Wildman–Crippen MR) is 30.1 cm³/mol. The molecule has 0 N–H and O–H groups in total. The maximum atomic E-state index is 12.0. The molecule has 0 radical (unpaired) electrons. The number of alkyl halides is 1. The Morgan fingerprint density at radius 1 is 1.30 bits per heavy atom. The maximum absolute atomic E-state index is 12.0. The first-order valence-electron chi connectivity index (χ1n) is 2.57. The average Bonchev–Trinajstić information content (AvgIpc) is 1.87. The van der Waals surface area contributed by atoms with Gasteiger partial charge in [-0.05, 0) is 13.0 Å². The van der Waals surface area contributed by atoms with Crippen molar-refractivity contribution in [3.63, 3.8) is 0 Å². The lowest BCUT2D eigenvalue weighted by atomic mass is 10.3. The number of hydrogen-bond acceptors (Lipinski definition) is 0. The topological polar surface area (TPSA) is 0 Å². The van der Waals surface area contributed by atoms with Gasteiger partial charge in [-0.3, -0.25) is 0 Å². The lowest BCUT2D eigenvalue weighted by Crippen LogP contribution is -1.95. The highest BCUT2D eigenvalue weighted by Gasteiger charge is 2.14. The summed E-state index contributed by atoms with van der Waals surface area (Å²) in [7, 11) is 0. The Morgan fingerprint density at radius 2 is 1.80 bits per heavy atom. The Hall–Kier alpha value is -0.800. The molecule has 0 fully saturated rings. The van der Waals surface area contributed by atoms with Crippen LogP contribution in [-0.2, 0) is 0 Å². The molecule has 0 bridgehead atoms. The summed E-state index contributed by atoms with van der Waals surface area (Å²) in [6, 6.07) is 0. The first-order valence-corrected chi connectivity index (χ1v) is 2.57. The van der Waals surface area contributed by atoms with Gasteiger partial charge < -0.3 is 0 Å². The van der Waals surface area contributed by atoms with Crippen molar-refractivity contribution in [1.82, 2.24) is 0 Å². The van der Waals surface area contributed by atoms with Crippen molar-refractivity contribution in [2.45, 2.75) is 13.1 Å². The molecule has 0 aromatic rings. The molecule has 0 saturated heterocycles. The summed E-state index contributed by atoms with van der Waals surface area (Å²) >= 11 is 0. The predicted octanol–water partition coefficient (Wildman–Crippen LogP) is 2.98. The highest BCUT2D eigenvalue weighted by atomic mass is 19.3. The molecule has 0 aromatic heterocycles. The molecule has 0 nitrogen and oxygen atoms in total. The lowest BCUT2D eigenvalue weighted by Gasteiger charge is -1.95. The van der Waals surface area contributed by atoms with Gasteiger partial charge in [0.15, 0.2) is 6.17 Å². The Bertz CT molecular complexity index is 155. The molecule has 0 aliphatic rings. The highest BCUT2D eigenvalue weighted by Crippen LogP contribution is 2.16. The Balaban J connectivity index is 4.21. The minimum atomic E-state index is -2.61. The quantitative estimate of drug-likeness (QED) is 0.423. The van der Waals surface area contributed by atoms with Crippen molar-refractivity contribution >= 4 is 0 Å². The SMILES string of the molecule is CC=CC(F)C(F)=C(F)F. The molecule has 0 amide bonds. The average molecular weight is 154 g/mol. The summed E-state index contributed by atoms with van der Waals surface area (Å²) in [5.41, 5.74) is 0. The van der Waals surface area contributed by atoms with E-state index in [1.165, 1.54) is 6.92 Å². The van der Waals surface area contributed by atoms with Gasteiger partial charge in [0.25, 0.3) is 0 Å². The van der Waals surface area contributed by atoms with Gasteiger partial charge >= 0.3 is 6.08 Å². The van der Waals surface area contributed by atoms with Crippen LogP contribution in [0.25, 0.3) is 0 Å². The fraction of sp³-hybridized carbons (Fsp3) is 0.333. The zero-order valence-corrected chi connectivity index (χ0v) is 5.24. The van der Waals surface area contributed by atoms with Crippen LogP contribution in [0.5, 0.6) is 0 Å². The van der Waals surface area contributed by atoms with Crippen LogP contribution in [-0.4, -0.2) is 6.17 Å². The van der Waals surface area contributed by atoms with Gasteiger partial charge in [-0.25, -0.2) is 8.78 Å². The number of allylic oxidation sites excluding steroid dienone is 3. The molecule has 0 heterocycles. The van der Waals surface area contributed by atoms with Crippen LogP contribution in [0.15, 0.2) is 24.1 Å². The van der Waals surface area contributed by atoms with Crippen LogP contribution >= 0.6 is 0 Å². The summed E-state index contributed by atoms with van der Waals surface area (Å²) in [6.45, 7) is 1.41. The maximum Gasteiger partial charge on any atom is 0.304 e. The van der Waals surface area contributed by atoms with Gasteiger partial charge in [0.2, 0.25) is 5.83 Å². The summed E-state index contributed by atoms with van der Waals surface area (Å²) in [5.74, 6) is -2.02. The van der Waals surface area contributed by atoms with Crippen LogP contribution in [0.4, 0.5) is 17.6 Å². The molecule has 0 aliphatic heterocycles. The van der Waals surface area contributed by atoms with Gasteiger partial charge in [0, 0.05) is 0 Å². The van der Waals surface area contributed by atoms with E-state index in [-0.39, 0.29) is 0 Å². The molecular weight excluding hydrogens is 148 g/mol. The van der Waals surface area contributed by atoms with Gasteiger partial charge in [0.05, 0.1) is 0 Å². The normalized spacial score (nSPS) is 13.7. The monoisotopic (exact) mass is 154 g/mol. The first-order chi connectivity index (χ1) is 4.59. The summed E-state index contributed by atoms with van der Waals surface area (Å²) in [5, 5.41) is 0. The van der Waals surface area contributed by atoms with Crippen LogP contribution in [0, 0.1) is 0 Å². The van der Waals surface area contributed by atoms with Crippen LogP contribution in [0.2, 0.25) is 0 Å². The molecule has 0 aliphatic carbocycles. The second-order valence-corrected chi connectivity index (χ2v) is 1.54. The van der Waals surface area contributed by atoms with E-state index < -0.39 is 18.1 Å². The Labute approximate surface area is 55.8 Å². The fourth-order valence-corrected chi connectivity index (χ4v) is 0.358. The minimum absolute atomic E-state index is 0.703. The van der Waals surface area contributed by atoms with Crippen LogP contribution in [0.3, 0.4) is 0 Å². The third-order valence-electron chi connectivity index (χ3n) is 0.784. The zero-order chi connectivity index (χ0) is 8.15. The number of halogens is 4. The van der Waals surface area contributed by atoms with Crippen LogP contribution in [0.1, 0.15) is 6.92 Å². The molecule has 10 heavy (non-hydrogen) atoms. The van der Waals surface area contributed by atoms with Crippen molar-refractivity contribution in [2.24, 2.45) is 0 Å². The summed E-state index contributed by atoms with van der Waals surface area (Å²) in [4.78, 5) is 0. The number of rotatable bonds is 2. The molecule has 1 unspecified atom stereocenters. The van der Waals surface area contributed by atoms with Crippen molar-refractivity contribution in [1.29, 1.82) is 0 Å². The van der Waals surface area contributed by atoms with Crippen molar-refractivity contribution in [2.75, 3.05) is 0 Å². The van der Waals surface area contributed by atoms with Gasteiger partial charge in [0.1, 0.15) is 0 Å². The molecule has 0 aromatic carbocycles. The lowest BCUT2D eigenvalue weighted by molar-refractivity contribution is 0.314. The van der Waals surface area contributed by atoms with Crippen molar-refractivity contribution in [3.05, 3.63) is 24.1 Å². The second-order valence-electron chi connectivity index (χ2n) is 1.54. The zero-order valence-electron chi connectivity index (χ0n) is 5.24. The smallest absolute Gasteiger partial charge is 0.235 e. The molecule has 0 rings (SSSR count). The largest absolute Gasteiger partial charge is 0.304 e. The van der Waals surface area contributed by atoms with Crippen molar-refractivity contribution in [3.8, 4) is 0 Å². The van der Waals surface area contributed by atoms with E-state index in [0.717, 1.165) is 6.08 Å². The van der Waals surface area contributed by atoms with Crippen molar-refractivity contribution < 1.29 is 17.6 Å². The van der Waals surface area contributed by atoms with E-state index >= 15 is 0 Å². The fourth-order valence-electron chi connectivity index (χ4n) is 0.358. The van der Waals surface area contributed by atoms with E-state index in [0.29, 0.717) is 6.08 Å². The highest BCUT2D eigenvalue weighted by molar-refractivity contribution is 5.08. The van der Waals surface area contributed by atoms with Gasteiger partial charge in [-0.1, -0.05) is 6.08 Å². The van der Waals surface area contributed by atoms with Gasteiger partial charge in [-0.15, -0.1) is 0 Å². The minimum Gasteiger partial charge on any atom is -0.235 e. The summed E-state index contributed by atoms with van der Waals surface area (Å²) in [6.07, 6.45) is -3.05. The molecule has 0 spiro atoms. The number of hydrogen-bond donors (Lipinski definition) is 0. The third kappa shape index (κ3) is 2.66. The molecule has 4 heteroatoms. The summed E-state index contributed by atoms with van der Waals surface area (Å²) < 4.78 is 46.3. The molecule has 0 saturated carbocycles. The standard InChI is InChI=1S/C6H6F4/c1-2-3-4(7)5(8)6(9)10/h2-4H,1H3. The molecule has 1 atom stereocenters. The second kappa shape index (κ2) is 4.09. The van der Waals surface area contributed by atoms with Gasteiger partial charge in [-0.2, -0.15) is 8.78 Å². The van der Waals surface area contributed by atoms with E-state index in [2.05, 4.69) is 0 Å². The third-order valence-corrected chi connectivity index (χ3v) is 0.784. The Morgan fingerprint density at radius 3 is 2.10 bits per heavy atom. The van der Waals surface area contributed by atoms with E-state index in [1.807, 2.05) is 0 Å². The Kier molecular flexibility index (Phi) is 3.76. The first kappa shape index (κ1) is 9.20. The molecule has 58 valence electrons. The molecular formula is C6H6F4.